The van der Waals surface area contributed by atoms with Gasteiger partial charge < -0.3 is 9.73 Å². The molecule has 0 saturated heterocycles. The average molecular weight is 330 g/mol. The van der Waals surface area contributed by atoms with Gasteiger partial charge in [0.1, 0.15) is 5.58 Å². The Bertz CT molecular complexity index is 665. The molecule has 1 aromatic heterocycles. The van der Waals surface area contributed by atoms with Crippen LogP contribution in [0.1, 0.15) is 45.7 Å². The molecular formula is C20H30N2O2. The van der Waals surface area contributed by atoms with E-state index in [2.05, 4.69) is 63.0 Å². The highest BCUT2D eigenvalue weighted by molar-refractivity contribution is 5.87. The van der Waals surface area contributed by atoms with Gasteiger partial charge in [0.2, 0.25) is 5.91 Å². The zero-order chi connectivity index (χ0) is 17.7. The summed E-state index contributed by atoms with van der Waals surface area (Å²) in [5.74, 6) is 0.0460. The van der Waals surface area contributed by atoms with Crippen molar-refractivity contribution in [3.05, 3.63) is 35.6 Å². The highest BCUT2D eigenvalue weighted by atomic mass is 16.3. The van der Waals surface area contributed by atoms with Gasteiger partial charge in [0, 0.05) is 36.1 Å². The Morgan fingerprint density at radius 1 is 1.21 bits per heavy atom. The number of hydrogen-bond acceptors (Lipinski definition) is 3. The minimum Gasteiger partial charge on any atom is -0.464 e. The number of carbonyl (C=O) groups excluding carboxylic acids is 1. The summed E-state index contributed by atoms with van der Waals surface area (Å²) in [5, 5.41) is 4.06. The van der Waals surface area contributed by atoms with Gasteiger partial charge in [-0.1, -0.05) is 19.1 Å². The molecule has 0 spiro atoms. The first-order valence-corrected chi connectivity index (χ1v) is 8.93. The lowest BCUT2D eigenvalue weighted by atomic mass is 10.1. The smallest absolute Gasteiger partial charge is 0.224 e. The van der Waals surface area contributed by atoms with Crippen LogP contribution in [0, 0.1) is 0 Å². The van der Waals surface area contributed by atoms with E-state index >= 15 is 0 Å². The molecule has 0 saturated carbocycles. The first-order valence-electron chi connectivity index (χ1n) is 8.93. The van der Waals surface area contributed by atoms with Crippen LogP contribution in [0.5, 0.6) is 0 Å². The third kappa shape index (κ3) is 4.60. The van der Waals surface area contributed by atoms with E-state index in [0.29, 0.717) is 25.0 Å². The molecule has 4 heteroatoms. The summed E-state index contributed by atoms with van der Waals surface area (Å²) in [6.07, 6.45) is 3.05. The molecule has 0 bridgehead atoms. The number of furan rings is 1. The van der Waals surface area contributed by atoms with E-state index < -0.39 is 0 Å². The Labute approximate surface area is 145 Å². The summed E-state index contributed by atoms with van der Waals surface area (Å²) >= 11 is 0. The average Bonchev–Trinajstić information content (AvgIpc) is 2.92. The Balaban J connectivity index is 1.91. The molecule has 132 valence electrons. The molecule has 1 heterocycles. The summed E-state index contributed by atoms with van der Waals surface area (Å²) in [6.45, 7) is 12.4. The molecule has 0 aliphatic rings. The van der Waals surface area contributed by atoms with Gasteiger partial charge in [0.15, 0.2) is 0 Å². The van der Waals surface area contributed by atoms with Crippen LogP contribution in [0.4, 0.5) is 0 Å². The van der Waals surface area contributed by atoms with Crippen LogP contribution in [0.25, 0.3) is 11.0 Å². The van der Waals surface area contributed by atoms with Crippen LogP contribution in [0.15, 0.2) is 28.9 Å². The lowest BCUT2D eigenvalue weighted by Crippen LogP contribution is -2.42. The van der Waals surface area contributed by atoms with Crippen molar-refractivity contribution in [3.8, 4) is 0 Å². The number of aryl methyl sites for hydroxylation is 1. The molecule has 0 aliphatic heterocycles. The molecule has 0 fully saturated rings. The number of nitrogens with one attached hydrogen (secondary N) is 1. The fraction of sp³-hybridized carbons (Fsp3) is 0.550. The van der Waals surface area contributed by atoms with E-state index in [1.54, 1.807) is 6.26 Å². The molecule has 0 unspecified atom stereocenters. The maximum atomic E-state index is 12.2. The van der Waals surface area contributed by atoms with E-state index in [4.69, 9.17) is 4.42 Å². The standard InChI is InChI=1S/C20H30N2O2/c1-6-16-7-8-18-17(13-24-19(18)11-16)12-20(23)21-9-10-22(14(2)3)15(4)5/h7-8,11,13-15H,6,9-10,12H2,1-5H3,(H,21,23). The monoisotopic (exact) mass is 330 g/mol. The van der Waals surface area contributed by atoms with E-state index in [1.165, 1.54) is 5.56 Å². The normalized spacial score (nSPS) is 11.8. The highest BCUT2D eigenvalue weighted by Crippen LogP contribution is 2.23. The number of benzene rings is 1. The molecular weight excluding hydrogens is 300 g/mol. The predicted octanol–water partition coefficient (Wildman–Crippen LogP) is 3.77. The second kappa shape index (κ2) is 8.34. The molecule has 1 amide bonds. The molecule has 1 N–H and O–H groups in total. The molecule has 2 aromatic rings. The van der Waals surface area contributed by atoms with Crippen molar-refractivity contribution in [3.63, 3.8) is 0 Å². The van der Waals surface area contributed by atoms with Gasteiger partial charge in [-0.2, -0.15) is 0 Å². The van der Waals surface area contributed by atoms with Crippen molar-refractivity contribution < 1.29 is 9.21 Å². The number of nitrogens with zero attached hydrogens (tertiary/aromatic N) is 1. The van der Waals surface area contributed by atoms with E-state index in [0.717, 1.165) is 29.5 Å². The largest absolute Gasteiger partial charge is 0.464 e. The Morgan fingerprint density at radius 3 is 2.54 bits per heavy atom. The fourth-order valence-electron chi connectivity index (χ4n) is 3.16. The number of hydrogen-bond donors (Lipinski definition) is 1. The van der Waals surface area contributed by atoms with Gasteiger partial charge in [0.05, 0.1) is 12.7 Å². The van der Waals surface area contributed by atoms with Crippen LogP contribution >= 0.6 is 0 Å². The summed E-state index contributed by atoms with van der Waals surface area (Å²) < 4.78 is 5.61. The molecule has 1 aromatic carbocycles. The van der Waals surface area contributed by atoms with Crippen molar-refractivity contribution >= 4 is 16.9 Å². The Morgan fingerprint density at radius 2 is 1.92 bits per heavy atom. The number of rotatable bonds is 8. The van der Waals surface area contributed by atoms with Crippen molar-refractivity contribution in [1.29, 1.82) is 0 Å². The van der Waals surface area contributed by atoms with Crippen molar-refractivity contribution in [1.82, 2.24) is 10.2 Å². The summed E-state index contributed by atoms with van der Waals surface area (Å²) in [7, 11) is 0. The molecule has 0 aliphatic carbocycles. The molecule has 24 heavy (non-hydrogen) atoms. The minimum atomic E-state index is 0.0460. The molecule has 4 nitrogen and oxygen atoms in total. The quantitative estimate of drug-likeness (QED) is 0.801. The van der Waals surface area contributed by atoms with Crippen molar-refractivity contribution in [2.75, 3.05) is 13.1 Å². The second-order valence-electron chi connectivity index (χ2n) is 6.90. The van der Waals surface area contributed by atoms with Gasteiger partial charge in [-0.15, -0.1) is 0 Å². The van der Waals surface area contributed by atoms with Gasteiger partial charge in [-0.3, -0.25) is 9.69 Å². The van der Waals surface area contributed by atoms with Gasteiger partial charge in [0.25, 0.3) is 0 Å². The molecule has 0 atom stereocenters. The number of fused-ring (bicyclic) bond motifs is 1. The first kappa shape index (κ1) is 18.5. The number of carbonyl (C=O) groups is 1. The maximum Gasteiger partial charge on any atom is 0.224 e. The zero-order valence-corrected chi connectivity index (χ0v) is 15.6. The highest BCUT2D eigenvalue weighted by Gasteiger charge is 2.14. The lowest BCUT2D eigenvalue weighted by Gasteiger charge is -2.30. The third-order valence-corrected chi connectivity index (χ3v) is 4.50. The van der Waals surface area contributed by atoms with Crippen LogP contribution in [-0.2, 0) is 17.6 Å². The first-order chi connectivity index (χ1) is 11.4. The predicted molar refractivity (Wildman–Crippen MR) is 99.3 cm³/mol. The Hall–Kier alpha value is -1.81. The van der Waals surface area contributed by atoms with E-state index in [9.17, 15) is 4.79 Å². The SMILES string of the molecule is CCc1ccc2c(CC(=O)NCCN(C(C)C)C(C)C)coc2c1. The second-order valence-corrected chi connectivity index (χ2v) is 6.90. The van der Waals surface area contributed by atoms with Crippen LogP contribution < -0.4 is 5.32 Å². The molecule has 0 radical (unpaired) electrons. The third-order valence-electron chi connectivity index (χ3n) is 4.50. The zero-order valence-electron chi connectivity index (χ0n) is 15.6. The lowest BCUT2D eigenvalue weighted by molar-refractivity contribution is -0.120. The maximum absolute atomic E-state index is 12.2. The van der Waals surface area contributed by atoms with Crippen molar-refractivity contribution in [2.24, 2.45) is 0 Å². The van der Waals surface area contributed by atoms with Crippen LogP contribution in [0.2, 0.25) is 0 Å². The van der Waals surface area contributed by atoms with Gasteiger partial charge in [-0.25, -0.2) is 0 Å². The minimum absolute atomic E-state index is 0.0460. The van der Waals surface area contributed by atoms with Gasteiger partial charge in [-0.05, 0) is 45.7 Å². The fourth-order valence-corrected chi connectivity index (χ4v) is 3.16. The van der Waals surface area contributed by atoms with E-state index in [-0.39, 0.29) is 5.91 Å². The van der Waals surface area contributed by atoms with Crippen molar-refractivity contribution in [2.45, 2.75) is 59.5 Å². The Kier molecular flexibility index (Phi) is 6.44. The summed E-state index contributed by atoms with van der Waals surface area (Å²) in [6, 6.07) is 7.17. The van der Waals surface area contributed by atoms with E-state index in [1.807, 2.05) is 0 Å². The number of amides is 1. The summed E-state index contributed by atoms with van der Waals surface area (Å²) in [5.41, 5.74) is 3.06. The molecule has 2 rings (SSSR count). The summed E-state index contributed by atoms with van der Waals surface area (Å²) in [4.78, 5) is 14.6. The topological polar surface area (TPSA) is 45.5 Å². The van der Waals surface area contributed by atoms with Gasteiger partial charge >= 0.3 is 0 Å². The van der Waals surface area contributed by atoms with Crippen LogP contribution in [0.3, 0.4) is 0 Å². The van der Waals surface area contributed by atoms with Crippen LogP contribution in [-0.4, -0.2) is 36.0 Å².